The Hall–Kier alpha value is -3.56. The number of rotatable bonds is 8. The van der Waals surface area contributed by atoms with Crippen LogP contribution in [0.4, 0.5) is 18.9 Å². The lowest BCUT2D eigenvalue weighted by Gasteiger charge is -2.24. The fraction of sp³-hybridized carbons (Fsp3) is 0.345. The Kier molecular flexibility index (Phi) is 7.58. The van der Waals surface area contributed by atoms with Gasteiger partial charge in [0.15, 0.2) is 0 Å². The maximum absolute atomic E-state index is 12.9. The van der Waals surface area contributed by atoms with E-state index in [1.54, 1.807) is 12.1 Å². The first kappa shape index (κ1) is 26.1. The Balaban J connectivity index is 1.22. The average Bonchev–Trinajstić information content (AvgIpc) is 3.71. The van der Waals surface area contributed by atoms with E-state index < -0.39 is 6.36 Å². The van der Waals surface area contributed by atoms with Crippen LogP contribution in [0.25, 0.3) is 11.1 Å². The van der Waals surface area contributed by atoms with Crippen LogP contribution in [0.3, 0.4) is 0 Å². The third-order valence-corrected chi connectivity index (χ3v) is 6.87. The Morgan fingerprint density at radius 1 is 1.00 bits per heavy atom. The van der Waals surface area contributed by atoms with Crippen molar-refractivity contribution in [3.05, 3.63) is 77.9 Å². The number of alkyl halides is 3. The third kappa shape index (κ3) is 6.46. The van der Waals surface area contributed by atoms with Crippen LogP contribution in [-0.4, -0.2) is 31.6 Å². The molecule has 0 spiro atoms. The molecule has 6 nitrogen and oxygen atoms in total. The lowest BCUT2D eigenvalue weighted by atomic mass is 10.0. The highest BCUT2D eigenvalue weighted by Crippen LogP contribution is 2.48. The average molecular weight is 527 g/mol. The van der Waals surface area contributed by atoms with Crippen molar-refractivity contribution in [2.75, 3.05) is 18.5 Å². The fourth-order valence-electron chi connectivity index (χ4n) is 4.79. The van der Waals surface area contributed by atoms with Crippen molar-refractivity contribution in [3.63, 3.8) is 0 Å². The van der Waals surface area contributed by atoms with Crippen molar-refractivity contribution in [1.82, 2.24) is 0 Å². The van der Waals surface area contributed by atoms with E-state index in [0.717, 1.165) is 40.8 Å². The van der Waals surface area contributed by atoms with Crippen molar-refractivity contribution in [1.29, 1.82) is 0 Å². The van der Waals surface area contributed by atoms with Gasteiger partial charge in [-0.3, -0.25) is 4.79 Å². The van der Waals surface area contributed by atoms with Crippen molar-refractivity contribution >= 4 is 11.6 Å². The van der Waals surface area contributed by atoms with Crippen LogP contribution in [0.5, 0.6) is 11.5 Å². The predicted octanol–water partition coefficient (Wildman–Crippen LogP) is 6.01. The Morgan fingerprint density at radius 3 is 2.45 bits per heavy atom. The van der Waals surface area contributed by atoms with Crippen molar-refractivity contribution in [3.8, 4) is 22.6 Å². The number of hydrogen-bond donors (Lipinski definition) is 2. The summed E-state index contributed by atoms with van der Waals surface area (Å²) in [5, 5.41) is 2.98. The normalized spacial score (nSPS) is 19.6. The van der Waals surface area contributed by atoms with E-state index in [1.807, 2.05) is 42.5 Å². The minimum atomic E-state index is -4.73. The van der Waals surface area contributed by atoms with Gasteiger partial charge >= 0.3 is 6.36 Å². The van der Waals surface area contributed by atoms with Gasteiger partial charge in [-0.25, -0.2) is 0 Å². The van der Waals surface area contributed by atoms with E-state index in [-0.39, 0.29) is 29.6 Å². The van der Waals surface area contributed by atoms with Crippen molar-refractivity contribution in [2.45, 2.75) is 44.2 Å². The van der Waals surface area contributed by atoms with Crippen LogP contribution in [0, 0.1) is 5.92 Å². The van der Waals surface area contributed by atoms with Gasteiger partial charge in [0.2, 0.25) is 5.91 Å². The molecule has 9 heteroatoms. The first-order valence-electron chi connectivity index (χ1n) is 12.6. The zero-order chi connectivity index (χ0) is 26.7. The van der Waals surface area contributed by atoms with Crippen LogP contribution in [-0.2, 0) is 16.1 Å². The van der Waals surface area contributed by atoms with Gasteiger partial charge in [-0.2, -0.15) is 0 Å². The van der Waals surface area contributed by atoms with Crippen molar-refractivity contribution < 1.29 is 32.2 Å². The molecule has 2 aliphatic rings. The molecule has 1 aliphatic carbocycles. The van der Waals surface area contributed by atoms with E-state index in [4.69, 9.17) is 15.2 Å². The first-order chi connectivity index (χ1) is 18.3. The largest absolute Gasteiger partial charge is 0.573 e. The Labute approximate surface area is 218 Å². The zero-order valence-electron chi connectivity index (χ0n) is 20.7. The summed E-state index contributed by atoms with van der Waals surface area (Å²) in [6.07, 6.45) is -2.26. The molecule has 1 heterocycles. The summed E-state index contributed by atoms with van der Waals surface area (Å²) >= 11 is 0. The summed E-state index contributed by atoms with van der Waals surface area (Å²) in [6, 6.07) is 19.2. The molecule has 1 saturated heterocycles. The fourth-order valence-corrected chi connectivity index (χ4v) is 4.79. The van der Waals surface area contributed by atoms with Gasteiger partial charge in [0, 0.05) is 36.6 Å². The molecule has 1 aliphatic heterocycles. The molecule has 0 bridgehead atoms. The molecule has 0 unspecified atom stereocenters. The van der Waals surface area contributed by atoms with Crippen LogP contribution in [0.2, 0.25) is 0 Å². The molecular weight excluding hydrogens is 497 g/mol. The molecule has 2 fully saturated rings. The van der Waals surface area contributed by atoms with Gasteiger partial charge in [0.05, 0.1) is 13.2 Å². The van der Waals surface area contributed by atoms with Crippen LogP contribution >= 0.6 is 0 Å². The van der Waals surface area contributed by atoms with E-state index in [0.29, 0.717) is 31.9 Å². The van der Waals surface area contributed by atoms with Crippen LogP contribution in [0.15, 0.2) is 66.7 Å². The second-order valence-electron chi connectivity index (χ2n) is 9.59. The number of hydrogen-bond acceptors (Lipinski definition) is 5. The molecule has 3 aromatic rings. The standard InChI is InChI=1S/C29H29F3N2O4/c30-29(31,32)38-24-7-4-18(5-8-24)25-16-26(25)28(35)34-22-3-1-2-19(15-22)20-6-9-27(21(14-20)17-33)37-23-10-12-36-13-11-23/h1-9,14-15,23,25-26H,10-13,16-17,33H2,(H,34,35)/t25-,26+/m1/s1. The number of carbonyl (C=O) groups is 1. The smallest absolute Gasteiger partial charge is 0.490 e. The first-order valence-corrected chi connectivity index (χ1v) is 12.6. The van der Waals surface area contributed by atoms with Gasteiger partial charge in [0.25, 0.3) is 0 Å². The van der Waals surface area contributed by atoms with Crippen LogP contribution in [0.1, 0.15) is 36.3 Å². The Bertz CT molecular complexity index is 1270. The summed E-state index contributed by atoms with van der Waals surface area (Å²) in [4.78, 5) is 12.9. The highest BCUT2D eigenvalue weighted by molar-refractivity contribution is 5.95. The number of benzene rings is 3. The molecule has 0 radical (unpaired) electrons. The second-order valence-corrected chi connectivity index (χ2v) is 9.59. The zero-order valence-corrected chi connectivity index (χ0v) is 20.7. The summed E-state index contributed by atoms with van der Waals surface area (Å²) in [6.45, 7) is 1.74. The number of amides is 1. The predicted molar refractivity (Wildman–Crippen MR) is 137 cm³/mol. The molecule has 200 valence electrons. The number of halogens is 3. The van der Waals surface area contributed by atoms with Gasteiger partial charge in [-0.1, -0.05) is 30.3 Å². The number of ether oxygens (including phenoxy) is 3. The number of anilines is 1. The van der Waals surface area contributed by atoms with Gasteiger partial charge in [-0.05, 0) is 65.4 Å². The highest BCUT2D eigenvalue weighted by atomic mass is 19.4. The SMILES string of the molecule is NCc1cc(-c2cccc(NC(=O)[C@H]3C[C@@H]3c3ccc(OC(F)(F)F)cc3)c2)ccc1OC1CCOCC1. The summed E-state index contributed by atoms with van der Waals surface area (Å²) in [5.41, 5.74) is 10.3. The van der Waals surface area contributed by atoms with E-state index in [1.165, 1.54) is 12.1 Å². The van der Waals surface area contributed by atoms with Gasteiger partial charge in [0.1, 0.15) is 17.6 Å². The lowest BCUT2D eigenvalue weighted by Crippen LogP contribution is -2.26. The number of nitrogens with one attached hydrogen (secondary N) is 1. The molecule has 0 aromatic heterocycles. The molecule has 5 rings (SSSR count). The van der Waals surface area contributed by atoms with Crippen LogP contribution < -0.4 is 20.5 Å². The van der Waals surface area contributed by atoms with E-state index in [2.05, 4.69) is 10.1 Å². The summed E-state index contributed by atoms with van der Waals surface area (Å²) in [7, 11) is 0. The maximum atomic E-state index is 12.9. The number of carbonyl (C=O) groups excluding carboxylic acids is 1. The minimum absolute atomic E-state index is 0.0338. The summed E-state index contributed by atoms with van der Waals surface area (Å²) in [5.74, 6) is 0.115. The highest BCUT2D eigenvalue weighted by Gasteiger charge is 2.44. The van der Waals surface area contributed by atoms with E-state index in [9.17, 15) is 18.0 Å². The maximum Gasteiger partial charge on any atom is 0.573 e. The summed E-state index contributed by atoms with van der Waals surface area (Å²) < 4.78 is 52.6. The quantitative estimate of drug-likeness (QED) is 0.376. The Morgan fingerprint density at radius 2 is 1.74 bits per heavy atom. The minimum Gasteiger partial charge on any atom is -0.490 e. The van der Waals surface area contributed by atoms with E-state index >= 15 is 0 Å². The van der Waals surface area contributed by atoms with Gasteiger partial charge in [-0.15, -0.1) is 13.2 Å². The molecular formula is C29H29F3N2O4. The molecule has 1 saturated carbocycles. The lowest BCUT2D eigenvalue weighted by molar-refractivity contribution is -0.274. The van der Waals surface area contributed by atoms with Crippen molar-refractivity contribution in [2.24, 2.45) is 11.7 Å². The van der Waals surface area contributed by atoms with Gasteiger partial charge < -0.3 is 25.3 Å². The number of nitrogens with two attached hydrogens (primary N) is 1. The molecule has 3 aromatic carbocycles. The molecule has 1 amide bonds. The second kappa shape index (κ2) is 11.0. The molecule has 2 atom stereocenters. The topological polar surface area (TPSA) is 82.8 Å². The monoisotopic (exact) mass is 526 g/mol. The molecule has 3 N–H and O–H groups in total. The molecule has 38 heavy (non-hydrogen) atoms. The third-order valence-electron chi connectivity index (χ3n) is 6.87.